The summed E-state index contributed by atoms with van der Waals surface area (Å²) in [6.45, 7) is 0.267. The molecule has 0 bridgehead atoms. The number of halogens is 1. The van der Waals surface area contributed by atoms with Crippen molar-refractivity contribution >= 4 is 46.3 Å². The quantitative estimate of drug-likeness (QED) is 0.250. The number of anilines is 1. The predicted octanol–water partition coefficient (Wildman–Crippen LogP) is 4.58. The number of aromatic nitrogens is 4. The zero-order chi connectivity index (χ0) is 25.8. The van der Waals surface area contributed by atoms with Gasteiger partial charge in [-0.25, -0.2) is 19.7 Å². The smallest absolute Gasteiger partial charge is 0.410 e. The summed E-state index contributed by atoms with van der Waals surface area (Å²) in [6, 6.07) is 8.42. The van der Waals surface area contributed by atoms with E-state index in [2.05, 4.69) is 20.3 Å². The molecule has 1 amide bonds. The number of pyridine rings is 2. The maximum absolute atomic E-state index is 13.8. The van der Waals surface area contributed by atoms with Gasteiger partial charge in [0, 0.05) is 41.5 Å². The van der Waals surface area contributed by atoms with Crippen LogP contribution in [0.3, 0.4) is 0 Å². The first-order chi connectivity index (χ1) is 17.3. The molecule has 0 aliphatic carbocycles. The van der Waals surface area contributed by atoms with E-state index in [1.807, 2.05) is 6.26 Å². The highest BCUT2D eigenvalue weighted by atomic mass is 35.5. The number of hydrogen-bond acceptors (Lipinski definition) is 8. The Labute approximate surface area is 215 Å². The zero-order valence-electron chi connectivity index (χ0n) is 19.6. The summed E-state index contributed by atoms with van der Waals surface area (Å²) in [4.78, 5) is 37.7. The Kier molecular flexibility index (Phi) is 7.61. The summed E-state index contributed by atoms with van der Waals surface area (Å²) in [5.41, 5.74) is 1.77. The minimum Gasteiger partial charge on any atom is -0.497 e. The van der Waals surface area contributed by atoms with Gasteiger partial charge in [-0.3, -0.25) is 14.7 Å². The number of carboxylic acid groups (broad SMARTS) is 1. The molecule has 2 N–H and O–H groups in total. The van der Waals surface area contributed by atoms with Gasteiger partial charge in [-0.1, -0.05) is 23.4 Å². The van der Waals surface area contributed by atoms with Crippen LogP contribution < -0.4 is 20.3 Å². The number of ether oxygens (including phenoxy) is 2. The summed E-state index contributed by atoms with van der Waals surface area (Å²) in [5, 5.41) is 12.7. The van der Waals surface area contributed by atoms with Crippen LogP contribution in [-0.4, -0.2) is 51.2 Å². The molecule has 1 aromatic carbocycles. The van der Waals surface area contributed by atoms with Crippen LogP contribution in [0.25, 0.3) is 22.2 Å². The van der Waals surface area contributed by atoms with E-state index in [1.165, 1.54) is 32.2 Å². The number of benzene rings is 1. The van der Waals surface area contributed by atoms with E-state index in [1.54, 1.807) is 41.1 Å². The number of aryl methyl sites for hydroxylation is 2. The van der Waals surface area contributed by atoms with Crippen molar-refractivity contribution in [1.82, 2.24) is 19.5 Å². The number of nitrogens with zero attached hydrogens (tertiary/aromatic N) is 4. The first-order valence-electron chi connectivity index (χ1n) is 10.7. The molecule has 0 saturated heterocycles. The van der Waals surface area contributed by atoms with Gasteiger partial charge in [0.15, 0.2) is 5.16 Å². The Morgan fingerprint density at radius 1 is 1.17 bits per heavy atom. The van der Waals surface area contributed by atoms with Crippen molar-refractivity contribution in [3.05, 3.63) is 63.7 Å². The number of rotatable bonds is 8. The van der Waals surface area contributed by atoms with E-state index in [-0.39, 0.29) is 22.9 Å². The zero-order valence-corrected chi connectivity index (χ0v) is 21.2. The van der Waals surface area contributed by atoms with E-state index >= 15 is 0 Å². The Balaban J connectivity index is 1.86. The lowest BCUT2D eigenvalue weighted by Crippen LogP contribution is -2.24. The molecule has 0 fully saturated rings. The van der Waals surface area contributed by atoms with Crippen LogP contribution in [0.2, 0.25) is 5.02 Å². The van der Waals surface area contributed by atoms with Crippen molar-refractivity contribution in [3.8, 4) is 22.6 Å². The minimum atomic E-state index is -1.21. The van der Waals surface area contributed by atoms with E-state index in [4.69, 9.17) is 26.2 Å². The van der Waals surface area contributed by atoms with E-state index in [0.29, 0.717) is 45.2 Å². The number of methoxy groups -OCH3 is 2. The molecule has 0 aliphatic rings. The lowest BCUT2D eigenvalue weighted by atomic mass is 10.0. The summed E-state index contributed by atoms with van der Waals surface area (Å²) in [6.07, 6.45) is 4.24. The highest BCUT2D eigenvalue weighted by Gasteiger charge is 2.19. The van der Waals surface area contributed by atoms with Crippen molar-refractivity contribution in [2.45, 2.75) is 18.1 Å². The molecule has 0 spiro atoms. The van der Waals surface area contributed by atoms with Crippen LogP contribution in [0, 0.1) is 0 Å². The van der Waals surface area contributed by atoms with Crippen LogP contribution in [0.1, 0.15) is 5.56 Å². The summed E-state index contributed by atoms with van der Waals surface area (Å²) < 4.78 is 12.3. The third kappa shape index (κ3) is 5.21. The fourth-order valence-electron chi connectivity index (χ4n) is 3.73. The minimum absolute atomic E-state index is 0.202. The van der Waals surface area contributed by atoms with Crippen LogP contribution >= 0.6 is 23.4 Å². The predicted molar refractivity (Wildman–Crippen MR) is 139 cm³/mol. The van der Waals surface area contributed by atoms with Crippen LogP contribution in [0.5, 0.6) is 11.5 Å². The van der Waals surface area contributed by atoms with Gasteiger partial charge in [-0.05, 0) is 42.5 Å². The highest BCUT2D eigenvalue weighted by molar-refractivity contribution is 7.98. The van der Waals surface area contributed by atoms with E-state index < -0.39 is 6.09 Å². The molecule has 4 aromatic rings. The maximum atomic E-state index is 13.8. The van der Waals surface area contributed by atoms with Crippen LogP contribution in [0.15, 0.2) is 52.7 Å². The normalized spacial score (nSPS) is 10.9. The molecule has 0 aliphatic heterocycles. The highest BCUT2D eigenvalue weighted by Crippen LogP contribution is 2.38. The van der Waals surface area contributed by atoms with Crippen LogP contribution in [-0.2, 0) is 13.0 Å². The van der Waals surface area contributed by atoms with Gasteiger partial charge < -0.3 is 14.6 Å². The first-order valence-corrected chi connectivity index (χ1v) is 12.3. The fourth-order valence-corrected chi connectivity index (χ4v) is 4.35. The fraction of sp³-hybridized carbons (Fsp3) is 0.208. The molecule has 0 saturated carbocycles. The second-order valence-corrected chi connectivity index (χ2v) is 8.72. The summed E-state index contributed by atoms with van der Waals surface area (Å²) >= 11 is 7.97. The van der Waals surface area contributed by atoms with Gasteiger partial charge in [0.25, 0.3) is 5.56 Å². The molecule has 36 heavy (non-hydrogen) atoms. The molecule has 186 valence electrons. The number of fused-ring (bicyclic) bond motifs is 1. The molecule has 3 aromatic heterocycles. The number of hydrogen-bond donors (Lipinski definition) is 2. The van der Waals surface area contributed by atoms with Crippen LogP contribution in [0.4, 0.5) is 10.6 Å². The van der Waals surface area contributed by atoms with E-state index in [0.717, 1.165) is 5.56 Å². The summed E-state index contributed by atoms with van der Waals surface area (Å²) in [7, 11) is 3.01. The SMILES string of the molecule is COc1cc(OC)c(Cl)c(-c2cc3cnc(SC)nc3n(CCc3ccnc(NC(=O)O)c3)c2=O)c1. The largest absolute Gasteiger partial charge is 0.497 e. The topological polar surface area (TPSA) is 128 Å². The molecule has 3 heterocycles. The summed E-state index contributed by atoms with van der Waals surface area (Å²) in [5.74, 6) is 1.07. The first kappa shape index (κ1) is 25.3. The van der Waals surface area contributed by atoms with Gasteiger partial charge in [0.2, 0.25) is 0 Å². The average Bonchev–Trinajstić information content (AvgIpc) is 2.87. The van der Waals surface area contributed by atoms with Crippen molar-refractivity contribution in [2.75, 3.05) is 25.8 Å². The molecule has 12 heteroatoms. The van der Waals surface area contributed by atoms with Gasteiger partial charge >= 0.3 is 6.09 Å². The molecule has 0 atom stereocenters. The average molecular weight is 528 g/mol. The Morgan fingerprint density at radius 2 is 1.97 bits per heavy atom. The molecular formula is C24H22ClN5O5S. The van der Waals surface area contributed by atoms with Crippen molar-refractivity contribution in [1.29, 1.82) is 0 Å². The van der Waals surface area contributed by atoms with Gasteiger partial charge in [0.05, 0.1) is 19.2 Å². The Morgan fingerprint density at radius 3 is 2.67 bits per heavy atom. The monoisotopic (exact) mass is 527 g/mol. The van der Waals surface area contributed by atoms with E-state index in [9.17, 15) is 9.59 Å². The van der Waals surface area contributed by atoms with Gasteiger partial charge in [-0.15, -0.1) is 0 Å². The molecule has 4 rings (SSSR count). The Hall–Kier alpha value is -3.83. The standard InChI is InChI=1S/C24H22ClN5O5S/c1-34-15-10-16(20(25)18(11-15)35-2)17-9-14-12-27-23(36-3)29-21(14)30(22(17)31)7-5-13-4-6-26-19(8-13)28-24(32)33/h4,6,8-12H,5,7H2,1-3H3,(H,26,28)(H,32,33). The number of nitrogens with one attached hydrogen (secondary N) is 1. The third-order valence-electron chi connectivity index (χ3n) is 5.43. The number of carbonyl (C=O) groups is 1. The molecule has 0 radical (unpaired) electrons. The number of amides is 1. The van der Waals surface area contributed by atoms with Gasteiger partial charge in [-0.2, -0.15) is 0 Å². The second kappa shape index (κ2) is 10.8. The van der Waals surface area contributed by atoms with Crippen molar-refractivity contribution in [2.24, 2.45) is 0 Å². The molecule has 0 unspecified atom stereocenters. The van der Waals surface area contributed by atoms with Crippen molar-refractivity contribution < 1.29 is 19.4 Å². The van der Waals surface area contributed by atoms with Crippen molar-refractivity contribution in [3.63, 3.8) is 0 Å². The lowest BCUT2D eigenvalue weighted by molar-refractivity contribution is 0.209. The third-order valence-corrected chi connectivity index (χ3v) is 6.38. The maximum Gasteiger partial charge on any atom is 0.410 e. The number of thioether (sulfide) groups is 1. The Bertz CT molecular complexity index is 1510. The van der Waals surface area contributed by atoms with Gasteiger partial charge in [0.1, 0.15) is 23.0 Å². The molecule has 10 nitrogen and oxygen atoms in total. The molecular weight excluding hydrogens is 506 g/mol. The lowest BCUT2D eigenvalue weighted by Gasteiger charge is -2.15. The second-order valence-electron chi connectivity index (χ2n) is 7.57.